The van der Waals surface area contributed by atoms with Crippen molar-refractivity contribution in [2.24, 2.45) is 11.7 Å². The Morgan fingerprint density at radius 2 is 2.40 bits per heavy atom. The molecule has 0 aromatic heterocycles. The lowest BCUT2D eigenvalue weighted by atomic mass is 9.74. The molecule has 0 bridgehead atoms. The summed E-state index contributed by atoms with van der Waals surface area (Å²) in [5, 5.41) is 0. The fourth-order valence-electron chi connectivity index (χ4n) is 2.72. The van der Waals surface area contributed by atoms with Crippen LogP contribution in [-0.4, -0.2) is 18.2 Å². The number of ether oxygens (including phenoxy) is 1. The van der Waals surface area contributed by atoms with E-state index in [4.69, 9.17) is 16.9 Å². The van der Waals surface area contributed by atoms with E-state index in [9.17, 15) is 0 Å². The molecule has 0 aromatic carbocycles. The lowest BCUT2D eigenvalue weighted by molar-refractivity contribution is -0.0916. The van der Waals surface area contributed by atoms with Crippen LogP contribution in [0.5, 0.6) is 0 Å². The molecule has 1 saturated carbocycles. The summed E-state index contributed by atoms with van der Waals surface area (Å²) < 4.78 is 5.93. The number of hydrogen-bond acceptors (Lipinski definition) is 2. The van der Waals surface area contributed by atoms with Crippen LogP contribution in [0.15, 0.2) is 0 Å². The van der Waals surface area contributed by atoms with E-state index >= 15 is 0 Å². The fraction of sp³-hybridized carbons (Fsp3) is 0.846. The predicted octanol–water partition coefficient (Wildman–Crippen LogP) is 2.32. The maximum atomic E-state index is 6.17. The first-order chi connectivity index (χ1) is 7.14. The van der Waals surface area contributed by atoms with Crippen molar-refractivity contribution in [1.29, 1.82) is 0 Å². The Labute approximate surface area is 93.6 Å². The molecular formula is C13H23NO. The summed E-state index contributed by atoms with van der Waals surface area (Å²) in [5.74, 6) is 3.36. The molecule has 3 atom stereocenters. The van der Waals surface area contributed by atoms with Crippen LogP contribution >= 0.6 is 0 Å². The third-order valence-electron chi connectivity index (χ3n) is 3.44. The molecule has 1 fully saturated rings. The van der Waals surface area contributed by atoms with Crippen LogP contribution in [0.25, 0.3) is 0 Å². The second kappa shape index (κ2) is 5.53. The molecule has 86 valence electrons. The summed E-state index contributed by atoms with van der Waals surface area (Å²) in [5.41, 5.74) is 6.02. The van der Waals surface area contributed by atoms with Crippen molar-refractivity contribution in [3.05, 3.63) is 0 Å². The predicted molar refractivity (Wildman–Crippen MR) is 63.4 cm³/mol. The van der Waals surface area contributed by atoms with E-state index in [0.717, 1.165) is 19.4 Å². The molecule has 2 heteroatoms. The van der Waals surface area contributed by atoms with Gasteiger partial charge in [0.25, 0.3) is 0 Å². The highest BCUT2D eigenvalue weighted by atomic mass is 16.5. The summed E-state index contributed by atoms with van der Waals surface area (Å²) in [6.45, 7) is 5.03. The zero-order chi connectivity index (χ0) is 11.3. The van der Waals surface area contributed by atoms with E-state index in [-0.39, 0.29) is 11.6 Å². The molecular weight excluding hydrogens is 186 g/mol. The molecule has 2 nitrogen and oxygen atoms in total. The van der Waals surface area contributed by atoms with E-state index in [0.29, 0.717) is 12.3 Å². The minimum absolute atomic E-state index is 0.00907. The molecule has 2 N–H and O–H groups in total. The van der Waals surface area contributed by atoms with Gasteiger partial charge in [-0.2, -0.15) is 0 Å². The number of hydrogen-bond donors (Lipinski definition) is 1. The quantitative estimate of drug-likeness (QED) is 0.721. The molecule has 15 heavy (non-hydrogen) atoms. The van der Waals surface area contributed by atoms with Crippen molar-refractivity contribution >= 4 is 0 Å². The first kappa shape index (κ1) is 12.5. The lowest BCUT2D eigenvalue weighted by Crippen LogP contribution is -2.52. The number of nitrogens with two attached hydrogens (primary N) is 1. The zero-order valence-corrected chi connectivity index (χ0v) is 9.96. The Balaban J connectivity index is 2.72. The summed E-state index contributed by atoms with van der Waals surface area (Å²) in [7, 11) is 0. The topological polar surface area (TPSA) is 35.2 Å². The van der Waals surface area contributed by atoms with Crippen molar-refractivity contribution in [3.63, 3.8) is 0 Å². The molecule has 0 amide bonds. The Hall–Kier alpha value is -0.520. The van der Waals surface area contributed by atoms with Gasteiger partial charge in [-0.3, -0.25) is 0 Å². The Morgan fingerprint density at radius 1 is 1.67 bits per heavy atom. The second-order valence-corrected chi connectivity index (χ2v) is 4.71. The number of terminal acetylenes is 1. The van der Waals surface area contributed by atoms with Gasteiger partial charge in [-0.15, -0.1) is 12.3 Å². The molecule has 0 aliphatic heterocycles. The van der Waals surface area contributed by atoms with Crippen molar-refractivity contribution in [2.75, 3.05) is 6.61 Å². The van der Waals surface area contributed by atoms with Gasteiger partial charge in [-0.1, -0.05) is 19.8 Å². The van der Waals surface area contributed by atoms with Crippen LogP contribution in [-0.2, 0) is 4.74 Å². The summed E-state index contributed by atoms with van der Waals surface area (Å²) in [6, 6.07) is -0.00907. The minimum atomic E-state index is -0.154. The van der Waals surface area contributed by atoms with Gasteiger partial charge < -0.3 is 10.5 Å². The Morgan fingerprint density at radius 3 is 2.93 bits per heavy atom. The maximum Gasteiger partial charge on any atom is 0.0844 e. The van der Waals surface area contributed by atoms with Crippen LogP contribution in [0.2, 0.25) is 0 Å². The van der Waals surface area contributed by atoms with Crippen molar-refractivity contribution in [1.82, 2.24) is 0 Å². The second-order valence-electron chi connectivity index (χ2n) is 4.71. The lowest BCUT2D eigenvalue weighted by Gasteiger charge is -2.43. The summed E-state index contributed by atoms with van der Waals surface area (Å²) in [4.78, 5) is 0. The Kier molecular flexibility index (Phi) is 4.63. The maximum absolute atomic E-state index is 6.17. The van der Waals surface area contributed by atoms with Gasteiger partial charge >= 0.3 is 0 Å². The molecule has 0 aromatic rings. The highest BCUT2D eigenvalue weighted by Crippen LogP contribution is 2.37. The first-order valence-corrected chi connectivity index (χ1v) is 5.97. The average Bonchev–Trinajstić information content (AvgIpc) is 2.18. The van der Waals surface area contributed by atoms with E-state index in [1.54, 1.807) is 0 Å². The van der Waals surface area contributed by atoms with Crippen LogP contribution in [0, 0.1) is 18.3 Å². The normalized spacial score (nSPS) is 33.3. The molecule has 0 heterocycles. The summed E-state index contributed by atoms with van der Waals surface area (Å²) >= 11 is 0. The van der Waals surface area contributed by atoms with E-state index in [1.165, 1.54) is 12.8 Å². The van der Waals surface area contributed by atoms with Gasteiger partial charge in [0, 0.05) is 19.1 Å². The van der Waals surface area contributed by atoms with E-state index in [1.807, 2.05) is 6.92 Å². The van der Waals surface area contributed by atoms with Gasteiger partial charge in [0.1, 0.15) is 0 Å². The number of rotatable bonds is 4. The third-order valence-corrected chi connectivity index (χ3v) is 3.44. The van der Waals surface area contributed by atoms with Gasteiger partial charge in [0.05, 0.1) is 5.60 Å². The van der Waals surface area contributed by atoms with Crippen molar-refractivity contribution in [3.8, 4) is 12.3 Å². The van der Waals surface area contributed by atoms with Crippen molar-refractivity contribution in [2.45, 2.75) is 57.6 Å². The smallest absolute Gasteiger partial charge is 0.0844 e. The van der Waals surface area contributed by atoms with Crippen LogP contribution in [0.3, 0.4) is 0 Å². The van der Waals surface area contributed by atoms with Crippen LogP contribution in [0.1, 0.15) is 46.0 Å². The van der Waals surface area contributed by atoms with Gasteiger partial charge in [-0.25, -0.2) is 0 Å². The largest absolute Gasteiger partial charge is 0.374 e. The van der Waals surface area contributed by atoms with Crippen LogP contribution < -0.4 is 5.73 Å². The molecule has 3 unspecified atom stereocenters. The zero-order valence-electron chi connectivity index (χ0n) is 9.96. The molecule has 1 aliphatic carbocycles. The fourth-order valence-corrected chi connectivity index (χ4v) is 2.72. The van der Waals surface area contributed by atoms with Gasteiger partial charge in [0.2, 0.25) is 0 Å². The average molecular weight is 209 g/mol. The monoisotopic (exact) mass is 209 g/mol. The highest BCUT2D eigenvalue weighted by Gasteiger charge is 2.40. The summed E-state index contributed by atoms with van der Waals surface area (Å²) in [6.07, 6.45) is 10.6. The van der Waals surface area contributed by atoms with Crippen LogP contribution in [0.4, 0.5) is 0 Å². The van der Waals surface area contributed by atoms with Crippen molar-refractivity contribution < 1.29 is 4.74 Å². The molecule has 0 saturated heterocycles. The molecule has 0 radical (unpaired) electrons. The van der Waals surface area contributed by atoms with E-state index < -0.39 is 0 Å². The molecule has 0 spiro atoms. The third kappa shape index (κ3) is 2.96. The SMILES string of the molecule is C#CCC(N)C1(OCC)CCCC(C)C1. The first-order valence-electron chi connectivity index (χ1n) is 5.97. The minimum Gasteiger partial charge on any atom is -0.374 e. The standard InChI is InChI=1S/C13H23NO/c1-4-7-12(14)13(15-5-2)9-6-8-11(3)10-13/h1,11-12H,5-10,14H2,2-3H3. The Bertz CT molecular complexity index is 229. The highest BCUT2D eigenvalue weighted by molar-refractivity contribution is 5.01. The van der Waals surface area contributed by atoms with Gasteiger partial charge in [-0.05, 0) is 25.7 Å². The molecule has 1 rings (SSSR count). The molecule has 1 aliphatic rings. The van der Waals surface area contributed by atoms with E-state index in [2.05, 4.69) is 12.8 Å². The van der Waals surface area contributed by atoms with Gasteiger partial charge in [0.15, 0.2) is 0 Å².